The number of aryl methyl sites for hydroxylation is 2. The van der Waals surface area contributed by atoms with Crippen molar-refractivity contribution < 1.29 is 13.2 Å². The van der Waals surface area contributed by atoms with Crippen LogP contribution in [-0.4, -0.2) is 21.1 Å². The molecule has 26 heavy (non-hydrogen) atoms. The molecule has 3 heterocycles. The smallest absolute Gasteiger partial charge is 0.344 e. The van der Waals surface area contributed by atoms with Gasteiger partial charge in [0.1, 0.15) is 0 Å². The lowest BCUT2D eigenvalue weighted by Gasteiger charge is -2.17. The zero-order valence-electron chi connectivity index (χ0n) is 13.8. The molecular formula is C18H16ClF3N4. The number of fused-ring (bicyclic) bond motifs is 3. The summed E-state index contributed by atoms with van der Waals surface area (Å²) in [7, 11) is 0. The normalized spacial score (nSPS) is 14.6. The quantitative estimate of drug-likeness (QED) is 0.747. The first-order valence-electron chi connectivity index (χ1n) is 8.32. The van der Waals surface area contributed by atoms with Crippen molar-refractivity contribution in [3.63, 3.8) is 0 Å². The lowest BCUT2D eigenvalue weighted by Crippen LogP contribution is -2.24. The highest BCUT2D eigenvalue weighted by Gasteiger charge is 2.34. The molecule has 0 spiro atoms. The molecule has 0 radical (unpaired) electrons. The summed E-state index contributed by atoms with van der Waals surface area (Å²) in [6, 6.07) is 5.83. The maximum absolute atomic E-state index is 12.6. The summed E-state index contributed by atoms with van der Waals surface area (Å²) in [4.78, 5) is 6.88. The van der Waals surface area contributed by atoms with Crippen molar-refractivity contribution in [3.8, 4) is 0 Å². The molecule has 4 nitrogen and oxygen atoms in total. The van der Waals surface area contributed by atoms with Crippen LogP contribution in [0.4, 0.5) is 13.2 Å². The van der Waals surface area contributed by atoms with Gasteiger partial charge in [-0.2, -0.15) is 13.2 Å². The second-order valence-corrected chi connectivity index (χ2v) is 6.76. The van der Waals surface area contributed by atoms with Crippen LogP contribution in [0.1, 0.15) is 22.6 Å². The Morgan fingerprint density at radius 1 is 1.19 bits per heavy atom. The fourth-order valence-corrected chi connectivity index (χ4v) is 3.65. The number of hydrogen-bond acceptors (Lipinski definition) is 3. The van der Waals surface area contributed by atoms with Crippen LogP contribution in [0.25, 0.3) is 10.9 Å². The number of aromatic nitrogens is 3. The molecule has 4 rings (SSSR count). The van der Waals surface area contributed by atoms with Crippen molar-refractivity contribution in [1.29, 1.82) is 0 Å². The lowest BCUT2D eigenvalue weighted by molar-refractivity contribution is -0.145. The summed E-state index contributed by atoms with van der Waals surface area (Å²) in [5, 5.41) is 5.20. The number of nitrogens with zero attached hydrogens (tertiary/aromatic N) is 3. The van der Waals surface area contributed by atoms with Gasteiger partial charge < -0.3 is 9.88 Å². The van der Waals surface area contributed by atoms with Gasteiger partial charge in [-0.25, -0.2) is 9.97 Å². The molecule has 0 bridgehead atoms. The topological polar surface area (TPSA) is 42.7 Å². The van der Waals surface area contributed by atoms with Crippen LogP contribution in [0, 0.1) is 0 Å². The summed E-state index contributed by atoms with van der Waals surface area (Å²) < 4.78 is 40.0. The van der Waals surface area contributed by atoms with Gasteiger partial charge in [0.05, 0.1) is 0 Å². The van der Waals surface area contributed by atoms with Gasteiger partial charge in [-0.1, -0.05) is 11.6 Å². The highest BCUT2D eigenvalue weighted by atomic mass is 35.5. The van der Waals surface area contributed by atoms with Crippen molar-refractivity contribution in [2.24, 2.45) is 0 Å². The van der Waals surface area contributed by atoms with Gasteiger partial charge in [0.2, 0.25) is 5.82 Å². The maximum Gasteiger partial charge on any atom is 0.451 e. The Kier molecular flexibility index (Phi) is 4.36. The van der Waals surface area contributed by atoms with Gasteiger partial charge in [-0.15, -0.1) is 0 Å². The Morgan fingerprint density at radius 2 is 1.96 bits per heavy atom. The van der Waals surface area contributed by atoms with E-state index >= 15 is 0 Å². The van der Waals surface area contributed by atoms with Crippen LogP contribution >= 0.6 is 11.6 Å². The summed E-state index contributed by atoms with van der Waals surface area (Å²) in [5.41, 5.74) is 4.28. The standard InChI is InChI=1S/C18H16ClF3N4/c19-12-1-2-15-13(7-12)14-10-23-5-3-16(14)26(15)6-4-11-8-24-17(25-9-11)18(20,21)22/h1-2,7-9,23H,3-6,10H2. The van der Waals surface area contributed by atoms with Gasteiger partial charge in [0.15, 0.2) is 0 Å². The van der Waals surface area contributed by atoms with Crippen molar-refractivity contribution in [2.45, 2.75) is 32.1 Å². The molecule has 1 aliphatic heterocycles. The molecule has 0 atom stereocenters. The predicted molar refractivity (Wildman–Crippen MR) is 93.1 cm³/mol. The number of hydrogen-bond donors (Lipinski definition) is 1. The Morgan fingerprint density at radius 3 is 2.69 bits per heavy atom. The molecule has 3 aromatic rings. The molecule has 2 aromatic heterocycles. The van der Waals surface area contributed by atoms with E-state index in [9.17, 15) is 13.2 Å². The largest absolute Gasteiger partial charge is 0.451 e. The van der Waals surface area contributed by atoms with Gasteiger partial charge in [0, 0.05) is 60.1 Å². The van der Waals surface area contributed by atoms with Gasteiger partial charge in [-0.3, -0.25) is 0 Å². The molecule has 8 heteroatoms. The second kappa shape index (κ2) is 6.55. The van der Waals surface area contributed by atoms with Crippen LogP contribution in [0.3, 0.4) is 0 Å². The number of benzene rings is 1. The first-order chi connectivity index (χ1) is 12.4. The van der Waals surface area contributed by atoms with E-state index in [1.165, 1.54) is 23.7 Å². The predicted octanol–water partition coefficient (Wildman–Crippen LogP) is 3.99. The summed E-state index contributed by atoms with van der Waals surface area (Å²) in [5.74, 6) is -1.11. The van der Waals surface area contributed by atoms with E-state index in [0.717, 1.165) is 30.4 Å². The Bertz CT molecular complexity index is 948. The monoisotopic (exact) mass is 380 g/mol. The molecule has 0 fully saturated rings. The number of alkyl halides is 3. The molecule has 136 valence electrons. The van der Waals surface area contributed by atoms with E-state index in [0.29, 0.717) is 23.6 Å². The van der Waals surface area contributed by atoms with E-state index in [1.54, 1.807) is 0 Å². The minimum Gasteiger partial charge on any atom is -0.344 e. The van der Waals surface area contributed by atoms with Gasteiger partial charge in [-0.05, 0) is 35.7 Å². The summed E-state index contributed by atoms with van der Waals surface area (Å²) in [6.07, 6.45) is -0.533. The molecular weight excluding hydrogens is 365 g/mol. The van der Waals surface area contributed by atoms with Crippen molar-refractivity contribution >= 4 is 22.5 Å². The van der Waals surface area contributed by atoms with Crippen molar-refractivity contribution in [3.05, 3.63) is 58.3 Å². The fourth-order valence-electron chi connectivity index (χ4n) is 3.48. The average molecular weight is 381 g/mol. The van der Waals surface area contributed by atoms with Crippen molar-refractivity contribution in [2.75, 3.05) is 6.54 Å². The molecule has 0 amide bonds. The lowest BCUT2D eigenvalue weighted by atomic mass is 10.1. The highest BCUT2D eigenvalue weighted by Crippen LogP contribution is 2.31. The van der Waals surface area contributed by atoms with E-state index in [2.05, 4.69) is 19.9 Å². The summed E-state index contributed by atoms with van der Waals surface area (Å²) >= 11 is 6.16. The maximum atomic E-state index is 12.6. The van der Waals surface area contributed by atoms with E-state index in [-0.39, 0.29) is 0 Å². The van der Waals surface area contributed by atoms with Crippen LogP contribution in [0.2, 0.25) is 5.02 Å². The highest BCUT2D eigenvalue weighted by molar-refractivity contribution is 6.31. The second-order valence-electron chi connectivity index (χ2n) is 6.33. The first-order valence-corrected chi connectivity index (χ1v) is 8.69. The van der Waals surface area contributed by atoms with Crippen LogP contribution in [0.5, 0.6) is 0 Å². The third-order valence-electron chi connectivity index (χ3n) is 4.67. The first kappa shape index (κ1) is 17.3. The van der Waals surface area contributed by atoms with Gasteiger partial charge in [0.25, 0.3) is 0 Å². The minimum atomic E-state index is -4.51. The Balaban J connectivity index is 1.63. The van der Waals surface area contributed by atoms with E-state index in [1.807, 2.05) is 18.2 Å². The molecule has 0 saturated heterocycles. The molecule has 1 N–H and O–H groups in total. The Hall–Kier alpha value is -2.12. The molecule has 1 aliphatic rings. The van der Waals surface area contributed by atoms with E-state index in [4.69, 9.17) is 11.6 Å². The van der Waals surface area contributed by atoms with Crippen LogP contribution in [-0.2, 0) is 32.1 Å². The minimum absolute atomic E-state index is 0.560. The van der Waals surface area contributed by atoms with E-state index < -0.39 is 12.0 Å². The summed E-state index contributed by atoms with van der Waals surface area (Å²) in [6.45, 7) is 2.35. The zero-order chi connectivity index (χ0) is 18.3. The molecule has 0 aliphatic carbocycles. The molecule has 1 aromatic carbocycles. The number of halogens is 4. The number of rotatable bonds is 3. The molecule has 0 unspecified atom stereocenters. The number of nitrogens with one attached hydrogen (secondary N) is 1. The van der Waals surface area contributed by atoms with Gasteiger partial charge >= 0.3 is 6.18 Å². The zero-order valence-corrected chi connectivity index (χ0v) is 14.5. The van der Waals surface area contributed by atoms with Crippen LogP contribution < -0.4 is 5.32 Å². The van der Waals surface area contributed by atoms with Crippen LogP contribution in [0.15, 0.2) is 30.6 Å². The fraction of sp³-hybridized carbons (Fsp3) is 0.333. The SMILES string of the molecule is FC(F)(F)c1ncc(CCn2c3c(c4cc(Cl)ccc42)CNCC3)cn1. The molecule has 0 saturated carbocycles. The van der Waals surface area contributed by atoms with Crippen molar-refractivity contribution in [1.82, 2.24) is 19.9 Å². The Labute approximate surface area is 153 Å². The third-order valence-corrected chi connectivity index (χ3v) is 4.91. The average Bonchev–Trinajstić information content (AvgIpc) is 2.93. The third kappa shape index (κ3) is 3.17.